The van der Waals surface area contributed by atoms with Crippen LogP contribution in [0.25, 0.3) is 0 Å². The van der Waals surface area contributed by atoms with Crippen molar-refractivity contribution in [3.63, 3.8) is 0 Å². The molecule has 3 rings (SSSR count). The van der Waals surface area contributed by atoms with Crippen LogP contribution in [0.1, 0.15) is 53.6 Å². The van der Waals surface area contributed by atoms with Gasteiger partial charge in [0.2, 0.25) is 5.91 Å². The summed E-state index contributed by atoms with van der Waals surface area (Å²) >= 11 is 1.39. The van der Waals surface area contributed by atoms with Crippen molar-refractivity contribution in [1.29, 1.82) is 5.26 Å². The Morgan fingerprint density at radius 1 is 1.32 bits per heavy atom. The lowest BCUT2D eigenvalue weighted by Gasteiger charge is -2.31. The molecule has 146 valence electrons. The first kappa shape index (κ1) is 20.1. The number of hydrogen-bond donors (Lipinski definition) is 1. The highest BCUT2D eigenvalue weighted by Gasteiger charge is 2.40. The van der Waals surface area contributed by atoms with E-state index in [4.69, 9.17) is 4.74 Å². The lowest BCUT2D eigenvalue weighted by Crippen LogP contribution is -2.31. The van der Waals surface area contributed by atoms with Crippen LogP contribution in [-0.2, 0) is 27.8 Å². The Morgan fingerprint density at radius 2 is 2.04 bits per heavy atom. The molecule has 1 amide bonds. The fourth-order valence-electron chi connectivity index (χ4n) is 3.55. The molecule has 0 fully saturated rings. The van der Waals surface area contributed by atoms with Crippen LogP contribution in [0.2, 0.25) is 0 Å². The summed E-state index contributed by atoms with van der Waals surface area (Å²) in [6.07, 6.45) is 1.75. The summed E-state index contributed by atoms with van der Waals surface area (Å²) in [5, 5.41) is 13.4. The SMILES string of the molecule is CCOC(=O)c1c(NC(=O)C(C)C)sc2c1CCC(C#N)(c1ccccc1)C2. The number of hydrogen-bond acceptors (Lipinski definition) is 5. The minimum atomic E-state index is -0.621. The van der Waals surface area contributed by atoms with E-state index in [1.165, 1.54) is 11.3 Å². The number of rotatable bonds is 5. The summed E-state index contributed by atoms with van der Waals surface area (Å²) in [5.41, 5.74) is 1.73. The fourth-order valence-corrected chi connectivity index (χ4v) is 4.90. The summed E-state index contributed by atoms with van der Waals surface area (Å²) in [6, 6.07) is 12.3. The summed E-state index contributed by atoms with van der Waals surface area (Å²) < 4.78 is 5.25. The second kappa shape index (κ2) is 8.15. The Morgan fingerprint density at radius 3 is 2.64 bits per heavy atom. The van der Waals surface area contributed by atoms with Gasteiger partial charge in [-0.15, -0.1) is 11.3 Å². The lowest BCUT2D eigenvalue weighted by atomic mass is 9.70. The number of carbonyl (C=O) groups is 2. The number of esters is 1. The van der Waals surface area contributed by atoms with Gasteiger partial charge in [-0.1, -0.05) is 44.2 Å². The van der Waals surface area contributed by atoms with E-state index in [1.807, 2.05) is 44.2 Å². The molecule has 0 bridgehead atoms. The minimum Gasteiger partial charge on any atom is -0.462 e. The number of nitrogens with one attached hydrogen (secondary N) is 1. The molecule has 2 aromatic rings. The van der Waals surface area contributed by atoms with Gasteiger partial charge in [0.15, 0.2) is 0 Å². The molecule has 1 atom stereocenters. The van der Waals surface area contributed by atoms with Gasteiger partial charge in [0, 0.05) is 17.2 Å². The third-order valence-electron chi connectivity index (χ3n) is 5.14. The number of carbonyl (C=O) groups excluding carboxylic acids is 2. The smallest absolute Gasteiger partial charge is 0.341 e. The first-order valence-corrected chi connectivity index (χ1v) is 10.3. The summed E-state index contributed by atoms with van der Waals surface area (Å²) in [7, 11) is 0. The van der Waals surface area contributed by atoms with Crippen LogP contribution in [-0.4, -0.2) is 18.5 Å². The Hall–Kier alpha value is -2.65. The first-order chi connectivity index (χ1) is 13.4. The highest BCUT2D eigenvalue weighted by atomic mass is 32.1. The minimum absolute atomic E-state index is 0.140. The van der Waals surface area contributed by atoms with E-state index in [0.717, 1.165) is 16.0 Å². The van der Waals surface area contributed by atoms with Gasteiger partial charge in [-0.25, -0.2) is 4.79 Å². The van der Waals surface area contributed by atoms with Crippen molar-refractivity contribution in [2.75, 3.05) is 11.9 Å². The van der Waals surface area contributed by atoms with Crippen molar-refractivity contribution in [3.8, 4) is 6.07 Å². The largest absolute Gasteiger partial charge is 0.462 e. The highest BCUT2D eigenvalue weighted by Crippen LogP contribution is 2.45. The van der Waals surface area contributed by atoms with E-state index < -0.39 is 11.4 Å². The van der Waals surface area contributed by atoms with Crippen molar-refractivity contribution in [1.82, 2.24) is 0 Å². The maximum atomic E-state index is 12.6. The molecule has 0 radical (unpaired) electrons. The summed E-state index contributed by atoms with van der Waals surface area (Å²) in [5.74, 6) is -0.751. The number of amides is 1. The molecule has 1 aliphatic carbocycles. The molecule has 5 nitrogen and oxygen atoms in total. The average Bonchev–Trinajstić information content (AvgIpc) is 3.05. The number of ether oxygens (including phenoxy) is 1. The zero-order valence-electron chi connectivity index (χ0n) is 16.4. The Labute approximate surface area is 169 Å². The zero-order chi connectivity index (χ0) is 20.3. The van der Waals surface area contributed by atoms with Crippen LogP contribution >= 0.6 is 11.3 Å². The maximum absolute atomic E-state index is 12.6. The molecule has 1 aromatic heterocycles. The van der Waals surface area contributed by atoms with Crippen LogP contribution in [0.5, 0.6) is 0 Å². The van der Waals surface area contributed by atoms with Gasteiger partial charge in [-0.3, -0.25) is 4.79 Å². The highest BCUT2D eigenvalue weighted by molar-refractivity contribution is 7.17. The van der Waals surface area contributed by atoms with Crippen LogP contribution in [0, 0.1) is 17.2 Å². The molecule has 6 heteroatoms. The van der Waals surface area contributed by atoms with Crippen molar-refractivity contribution in [3.05, 3.63) is 51.9 Å². The standard InChI is InChI=1S/C22H24N2O3S/c1-4-27-21(26)18-16-10-11-22(13-23,15-8-6-5-7-9-15)12-17(16)28-20(18)24-19(25)14(2)3/h5-9,14H,4,10-12H2,1-3H3,(H,24,25). The molecule has 1 N–H and O–H groups in total. The molecular formula is C22H24N2O3S. The number of anilines is 1. The third-order valence-corrected chi connectivity index (χ3v) is 6.28. The molecule has 0 spiro atoms. The molecule has 0 saturated heterocycles. The van der Waals surface area contributed by atoms with Crippen LogP contribution in [0.3, 0.4) is 0 Å². The number of thiophene rings is 1. The van der Waals surface area contributed by atoms with Gasteiger partial charge in [0.1, 0.15) is 5.00 Å². The van der Waals surface area contributed by atoms with E-state index in [0.29, 0.717) is 29.8 Å². The Kier molecular flexibility index (Phi) is 5.85. The Bertz CT molecular complexity index is 927. The number of nitriles is 1. The lowest BCUT2D eigenvalue weighted by molar-refractivity contribution is -0.118. The quantitative estimate of drug-likeness (QED) is 0.756. The van der Waals surface area contributed by atoms with E-state index in [2.05, 4.69) is 11.4 Å². The molecule has 1 unspecified atom stereocenters. The molecule has 1 aromatic carbocycles. The topological polar surface area (TPSA) is 79.2 Å². The van der Waals surface area contributed by atoms with E-state index in [9.17, 15) is 14.9 Å². The van der Waals surface area contributed by atoms with Gasteiger partial charge < -0.3 is 10.1 Å². The molecule has 1 heterocycles. The van der Waals surface area contributed by atoms with Crippen LogP contribution < -0.4 is 5.32 Å². The van der Waals surface area contributed by atoms with Gasteiger partial charge in [-0.05, 0) is 30.9 Å². The fraction of sp³-hybridized carbons (Fsp3) is 0.409. The van der Waals surface area contributed by atoms with Gasteiger partial charge in [0.05, 0.1) is 23.7 Å². The van der Waals surface area contributed by atoms with E-state index in [-0.39, 0.29) is 18.4 Å². The molecule has 0 saturated carbocycles. The number of benzene rings is 1. The first-order valence-electron chi connectivity index (χ1n) is 9.51. The summed E-state index contributed by atoms with van der Waals surface area (Å²) in [6.45, 7) is 5.65. The third kappa shape index (κ3) is 3.67. The molecule has 1 aliphatic rings. The normalized spacial score (nSPS) is 18.2. The van der Waals surface area contributed by atoms with Crippen molar-refractivity contribution in [2.45, 2.75) is 45.4 Å². The predicted molar refractivity (Wildman–Crippen MR) is 110 cm³/mol. The Balaban J connectivity index is 2.04. The molecule has 0 aliphatic heterocycles. The maximum Gasteiger partial charge on any atom is 0.341 e. The van der Waals surface area contributed by atoms with Crippen molar-refractivity contribution < 1.29 is 14.3 Å². The summed E-state index contributed by atoms with van der Waals surface area (Å²) in [4.78, 5) is 25.8. The molecular weight excluding hydrogens is 372 g/mol. The van der Waals surface area contributed by atoms with Crippen molar-refractivity contribution in [2.24, 2.45) is 5.92 Å². The average molecular weight is 397 g/mol. The zero-order valence-corrected chi connectivity index (χ0v) is 17.2. The molecule has 28 heavy (non-hydrogen) atoms. The number of fused-ring (bicyclic) bond motifs is 1. The van der Waals surface area contributed by atoms with E-state index >= 15 is 0 Å². The van der Waals surface area contributed by atoms with E-state index in [1.54, 1.807) is 6.92 Å². The second-order valence-electron chi connectivity index (χ2n) is 7.31. The second-order valence-corrected chi connectivity index (χ2v) is 8.41. The number of nitrogens with zero attached hydrogens (tertiary/aromatic N) is 1. The van der Waals surface area contributed by atoms with Crippen LogP contribution in [0.15, 0.2) is 30.3 Å². The van der Waals surface area contributed by atoms with Gasteiger partial charge in [0.25, 0.3) is 0 Å². The van der Waals surface area contributed by atoms with Gasteiger partial charge >= 0.3 is 5.97 Å². The van der Waals surface area contributed by atoms with Crippen molar-refractivity contribution >= 4 is 28.2 Å². The monoisotopic (exact) mass is 396 g/mol. The van der Waals surface area contributed by atoms with Gasteiger partial charge in [-0.2, -0.15) is 5.26 Å². The van der Waals surface area contributed by atoms with Crippen LogP contribution in [0.4, 0.5) is 5.00 Å². The predicted octanol–water partition coefficient (Wildman–Crippen LogP) is 4.47.